The number of furan rings is 1. The quantitative estimate of drug-likeness (QED) is 0.611. The van der Waals surface area contributed by atoms with Gasteiger partial charge in [0.1, 0.15) is 11.9 Å². The van der Waals surface area contributed by atoms with Gasteiger partial charge in [-0.3, -0.25) is 0 Å². The fourth-order valence-corrected chi connectivity index (χ4v) is 2.52. The van der Waals surface area contributed by atoms with Crippen LogP contribution in [0.2, 0.25) is 0 Å². The molecule has 0 bridgehead atoms. The Labute approximate surface area is 133 Å². The molecule has 2 rings (SSSR count). The first-order chi connectivity index (χ1) is 10.8. The fraction of sp³-hybridized carbons (Fsp3) is 0.474. The highest BCUT2D eigenvalue weighted by molar-refractivity contribution is 5.14. The first kappa shape index (κ1) is 16.8. The molecule has 22 heavy (non-hydrogen) atoms. The van der Waals surface area contributed by atoms with Crippen LogP contribution < -0.4 is 0 Å². The van der Waals surface area contributed by atoms with Crippen molar-refractivity contribution in [1.29, 1.82) is 0 Å². The van der Waals surface area contributed by atoms with Crippen LogP contribution in [-0.4, -0.2) is 32.1 Å². The van der Waals surface area contributed by atoms with Crippen LogP contribution in [0.25, 0.3) is 0 Å². The molecule has 0 aliphatic rings. The van der Waals surface area contributed by atoms with Crippen molar-refractivity contribution in [3.63, 3.8) is 0 Å². The lowest BCUT2D eigenvalue weighted by Crippen LogP contribution is -2.16. The van der Waals surface area contributed by atoms with E-state index in [4.69, 9.17) is 9.15 Å². The molecular formula is C19H27NO2. The Bertz CT molecular complexity index is 493. The molecule has 0 spiro atoms. The summed E-state index contributed by atoms with van der Waals surface area (Å²) in [5, 5.41) is 0. The predicted octanol–water partition coefficient (Wildman–Crippen LogP) is 4.31. The zero-order valence-electron chi connectivity index (χ0n) is 13.7. The average Bonchev–Trinajstić information content (AvgIpc) is 3.04. The molecule has 0 saturated heterocycles. The maximum Gasteiger partial charge on any atom is 0.132 e. The summed E-state index contributed by atoms with van der Waals surface area (Å²) >= 11 is 0. The summed E-state index contributed by atoms with van der Waals surface area (Å²) in [6.45, 7) is 1.82. The molecule has 1 atom stereocenters. The smallest absolute Gasteiger partial charge is 0.132 e. The molecular weight excluding hydrogens is 274 g/mol. The van der Waals surface area contributed by atoms with Gasteiger partial charge in [-0.1, -0.05) is 30.3 Å². The van der Waals surface area contributed by atoms with Gasteiger partial charge in [0.25, 0.3) is 0 Å². The van der Waals surface area contributed by atoms with Crippen LogP contribution in [-0.2, 0) is 11.2 Å². The van der Waals surface area contributed by atoms with E-state index < -0.39 is 0 Å². The Hall–Kier alpha value is -1.58. The van der Waals surface area contributed by atoms with Crippen molar-refractivity contribution in [3.8, 4) is 0 Å². The molecule has 0 aliphatic heterocycles. The Kier molecular flexibility index (Phi) is 7.20. The lowest BCUT2D eigenvalue weighted by molar-refractivity contribution is 0.0269. The highest BCUT2D eigenvalue weighted by Gasteiger charge is 2.14. The van der Waals surface area contributed by atoms with Gasteiger partial charge in [0.05, 0.1) is 6.26 Å². The van der Waals surface area contributed by atoms with Gasteiger partial charge in [0, 0.05) is 6.61 Å². The zero-order chi connectivity index (χ0) is 15.6. The molecule has 0 saturated carbocycles. The van der Waals surface area contributed by atoms with Gasteiger partial charge in [0.15, 0.2) is 0 Å². The topological polar surface area (TPSA) is 25.6 Å². The van der Waals surface area contributed by atoms with Crippen molar-refractivity contribution in [2.24, 2.45) is 0 Å². The summed E-state index contributed by atoms with van der Waals surface area (Å²) in [5.41, 5.74) is 1.38. The molecule has 0 radical (unpaired) electrons. The van der Waals surface area contributed by atoms with Crippen molar-refractivity contribution in [3.05, 3.63) is 60.1 Å². The largest absolute Gasteiger partial charge is 0.467 e. The van der Waals surface area contributed by atoms with Crippen LogP contribution in [0.15, 0.2) is 53.1 Å². The molecule has 0 N–H and O–H groups in total. The van der Waals surface area contributed by atoms with Crippen LogP contribution in [0, 0.1) is 0 Å². The van der Waals surface area contributed by atoms with Gasteiger partial charge in [-0.05, 0) is 64.0 Å². The zero-order valence-corrected chi connectivity index (χ0v) is 13.7. The molecule has 3 heteroatoms. The highest BCUT2D eigenvalue weighted by atomic mass is 16.5. The van der Waals surface area contributed by atoms with E-state index in [-0.39, 0.29) is 6.10 Å². The van der Waals surface area contributed by atoms with Crippen LogP contribution in [0.5, 0.6) is 0 Å². The third-order valence-corrected chi connectivity index (χ3v) is 3.70. The van der Waals surface area contributed by atoms with Crippen LogP contribution in [0.3, 0.4) is 0 Å². The van der Waals surface area contributed by atoms with Gasteiger partial charge < -0.3 is 14.1 Å². The number of aryl methyl sites for hydroxylation is 1. The molecule has 0 aliphatic carbocycles. The van der Waals surface area contributed by atoms with Crippen molar-refractivity contribution < 1.29 is 9.15 Å². The molecule has 120 valence electrons. The van der Waals surface area contributed by atoms with Gasteiger partial charge in [0.2, 0.25) is 0 Å². The number of hydrogen-bond acceptors (Lipinski definition) is 3. The summed E-state index contributed by atoms with van der Waals surface area (Å²) in [6.07, 6.45) is 6.01. The third kappa shape index (κ3) is 6.04. The minimum Gasteiger partial charge on any atom is -0.467 e. The molecule has 1 aromatic carbocycles. The first-order valence-corrected chi connectivity index (χ1v) is 8.09. The highest BCUT2D eigenvalue weighted by Crippen LogP contribution is 2.24. The van der Waals surface area contributed by atoms with E-state index in [0.29, 0.717) is 0 Å². The lowest BCUT2D eigenvalue weighted by atomic mass is 10.0. The standard InChI is InChI=1S/C19H27NO2/c1-20(2)14-8-16-22-18(19-13-7-15-21-19)12-6-11-17-9-4-3-5-10-17/h3-5,7,9-10,13,15,18H,6,8,11-12,14,16H2,1-2H3. The van der Waals surface area contributed by atoms with E-state index in [1.807, 2.05) is 12.1 Å². The SMILES string of the molecule is CN(C)CCCOC(CCCc1ccccc1)c1ccco1. The average molecular weight is 301 g/mol. The van der Waals surface area contributed by atoms with E-state index >= 15 is 0 Å². The Balaban J connectivity index is 1.78. The van der Waals surface area contributed by atoms with Crippen molar-refractivity contribution in [2.75, 3.05) is 27.2 Å². The van der Waals surface area contributed by atoms with Gasteiger partial charge in [-0.2, -0.15) is 0 Å². The van der Waals surface area contributed by atoms with E-state index in [1.165, 1.54) is 5.56 Å². The van der Waals surface area contributed by atoms with Crippen molar-refractivity contribution in [1.82, 2.24) is 4.90 Å². The Morgan fingerprint density at radius 2 is 1.86 bits per heavy atom. The van der Waals surface area contributed by atoms with Crippen molar-refractivity contribution in [2.45, 2.75) is 31.8 Å². The molecule has 2 aromatic rings. The van der Waals surface area contributed by atoms with Crippen molar-refractivity contribution >= 4 is 0 Å². The maximum atomic E-state index is 6.05. The molecule has 1 aromatic heterocycles. The number of hydrogen-bond donors (Lipinski definition) is 0. The number of ether oxygens (including phenoxy) is 1. The third-order valence-electron chi connectivity index (χ3n) is 3.70. The van der Waals surface area contributed by atoms with Gasteiger partial charge in [-0.25, -0.2) is 0 Å². The Morgan fingerprint density at radius 1 is 1.05 bits per heavy atom. The summed E-state index contributed by atoms with van der Waals surface area (Å²) < 4.78 is 11.6. The predicted molar refractivity (Wildman–Crippen MR) is 90.0 cm³/mol. The molecule has 1 unspecified atom stereocenters. The maximum absolute atomic E-state index is 6.05. The molecule has 1 heterocycles. The van der Waals surface area contributed by atoms with E-state index in [0.717, 1.165) is 44.6 Å². The summed E-state index contributed by atoms with van der Waals surface area (Å²) in [4.78, 5) is 2.18. The molecule has 0 amide bonds. The second kappa shape index (κ2) is 9.44. The molecule has 3 nitrogen and oxygen atoms in total. The van der Waals surface area contributed by atoms with Crippen LogP contribution in [0.4, 0.5) is 0 Å². The number of rotatable bonds is 10. The normalized spacial score (nSPS) is 12.7. The minimum atomic E-state index is 0.0703. The summed E-state index contributed by atoms with van der Waals surface area (Å²) in [5.74, 6) is 0.943. The van der Waals surface area contributed by atoms with Crippen LogP contribution in [0.1, 0.15) is 36.7 Å². The number of benzene rings is 1. The first-order valence-electron chi connectivity index (χ1n) is 8.09. The summed E-state index contributed by atoms with van der Waals surface area (Å²) in [6, 6.07) is 14.6. The summed E-state index contributed by atoms with van der Waals surface area (Å²) in [7, 11) is 4.17. The van der Waals surface area contributed by atoms with E-state index in [1.54, 1.807) is 6.26 Å². The van der Waals surface area contributed by atoms with E-state index in [9.17, 15) is 0 Å². The minimum absolute atomic E-state index is 0.0703. The second-order valence-electron chi connectivity index (χ2n) is 5.91. The Morgan fingerprint density at radius 3 is 2.55 bits per heavy atom. The van der Waals surface area contributed by atoms with Crippen LogP contribution >= 0.6 is 0 Å². The second-order valence-corrected chi connectivity index (χ2v) is 5.91. The molecule has 0 fully saturated rings. The van der Waals surface area contributed by atoms with Gasteiger partial charge in [-0.15, -0.1) is 0 Å². The van der Waals surface area contributed by atoms with Gasteiger partial charge >= 0.3 is 0 Å². The fourth-order valence-electron chi connectivity index (χ4n) is 2.52. The number of nitrogens with zero attached hydrogens (tertiary/aromatic N) is 1. The monoisotopic (exact) mass is 301 g/mol. The lowest BCUT2D eigenvalue weighted by Gasteiger charge is -2.17. The van der Waals surface area contributed by atoms with E-state index in [2.05, 4.69) is 49.3 Å².